The highest BCUT2D eigenvalue weighted by Gasteiger charge is 2.40. The Morgan fingerprint density at radius 1 is 0.711 bits per heavy atom. The molecule has 3 fully saturated rings. The molecule has 3 aliphatic heterocycles. The van der Waals surface area contributed by atoms with Crippen LogP contribution in [0.25, 0.3) is 0 Å². The fraction of sp³-hybridized carbons (Fsp3) is 0.946. The zero-order valence-corrected chi connectivity index (χ0v) is 28.5. The van der Waals surface area contributed by atoms with Gasteiger partial charge in [0.2, 0.25) is 0 Å². The van der Waals surface area contributed by atoms with E-state index in [-0.39, 0.29) is 54.3 Å². The SMILES string of the molecule is CCCCCC[C@H](O)CCC[C@H](O)[C@H]1CC[C@H]([C@H]2CC[C@H]([C@H](O)CCCCCCCCCC[C@@H]3CC(CC(C)=O)C(=O)O3)O2)O1. The van der Waals surface area contributed by atoms with Crippen molar-refractivity contribution in [3.8, 4) is 0 Å². The number of carbonyl (C=O) groups is 2. The Kier molecular flexibility index (Phi) is 18.5. The zero-order valence-electron chi connectivity index (χ0n) is 28.5. The molecule has 3 aliphatic rings. The molecule has 0 aromatic heterocycles. The maximum Gasteiger partial charge on any atom is 0.309 e. The number of aliphatic hydroxyl groups excluding tert-OH is 3. The quantitative estimate of drug-likeness (QED) is 0.0714. The van der Waals surface area contributed by atoms with Crippen molar-refractivity contribution in [1.29, 1.82) is 0 Å². The molecule has 0 aliphatic carbocycles. The number of hydrogen-bond acceptors (Lipinski definition) is 8. The molecule has 0 saturated carbocycles. The number of cyclic esters (lactones) is 1. The van der Waals surface area contributed by atoms with Crippen LogP contribution >= 0.6 is 0 Å². The van der Waals surface area contributed by atoms with Gasteiger partial charge in [0.1, 0.15) is 11.9 Å². The van der Waals surface area contributed by atoms with Gasteiger partial charge in [0, 0.05) is 6.42 Å². The molecule has 1 unspecified atom stereocenters. The molecule has 0 aromatic rings. The summed E-state index contributed by atoms with van der Waals surface area (Å²) in [6.07, 6.45) is 21.7. The summed E-state index contributed by atoms with van der Waals surface area (Å²) in [7, 11) is 0. The van der Waals surface area contributed by atoms with E-state index in [4.69, 9.17) is 14.2 Å². The smallest absolute Gasteiger partial charge is 0.309 e. The Morgan fingerprint density at radius 2 is 1.22 bits per heavy atom. The van der Waals surface area contributed by atoms with Gasteiger partial charge in [-0.25, -0.2) is 0 Å². The summed E-state index contributed by atoms with van der Waals surface area (Å²) in [5.74, 6) is -0.366. The predicted molar refractivity (Wildman–Crippen MR) is 176 cm³/mol. The number of rotatable bonds is 25. The molecular formula is C37H66O8. The number of esters is 1. The Hall–Kier alpha value is -1.06. The van der Waals surface area contributed by atoms with Crippen molar-refractivity contribution in [2.45, 2.75) is 217 Å². The molecule has 0 spiro atoms. The topological polar surface area (TPSA) is 123 Å². The first-order valence-electron chi connectivity index (χ1n) is 18.8. The van der Waals surface area contributed by atoms with E-state index < -0.39 is 12.2 Å². The summed E-state index contributed by atoms with van der Waals surface area (Å²) in [6, 6.07) is 0. The van der Waals surface area contributed by atoms with E-state index in [1.165, 1.54) is 51.9 Å². The van der Waals surface area contributed by atoms with Gasteiger partial charge in [0.25, 0.3) is 0 Å². The van der Waals surface area contributed by atoms with Crippen molar-refractivity contribution in [2.24, 2.45) is 5.92 Å². The van der Waals surface area contributed by atoms with Gasteiger partial charge in [0.15, 0.2) is 0 Å². The fourth-order valence-electron chi connectivity index (χ4n) is 7.58. The molecule has 9 atom stereocenters. The molecule has 0 radical (unpaired) electrons. The van der Waals surface area contributed by atoms with Crippen molar-refractivity contribution < 1.29 is 39.1 Å². The van der Waals surface area contributed by atoms with E-state index in [1.54, 1.807) is 0 Å². The van der Waals surface area contributed by atoms with Crippen LogP contribution in [-0.4, -0.2) is 75.9 Å². The second kappa shape index (κ2) is 21.7. The first-order chi connectivity index (χ1) is 21.8. The molecule has 3 rings (SSSR count). The minimum atomic E-state index is -0.490. The van der Waals surface area contributed by atoms with Gasteiger partial charge in [-0.2, -0.15) is 0 Å². The fourth-order valence-corrected chi connectivity index (χ4v) is 7.58. The van der Waals surface area contributed by atoms with Crippen LogP contribution in [0.2, 0.25) is 0 Å². The van der Waals surface area contributed by atoms with Gasteiger partial charge in [-0.3, -0.25) is 4.79 Å². The van der Waals surface area contributed by atoms with Crippen LogP contribution in [0.1, 0.15) is 168 Å². The minimum absolute atomic E-state index is 0.00262. The van der Waals surface area contributed by atoms with E-state index in [2.05, 4.69) is 6.92 Å². The largest absolute Gasteiger partial charge is 0.462 e. The van der Waals surface area contributed by atoms with Gasteiger partial charge < -0.3 is 34.3 Å². The lowest BCUT2D eigenvalue weighted by Crippen LogP contribution is -2.33. The lowest BCUT2D eigenvalue weighted by molar-refractivity contribution is -0.145. The van der Waals surface area contributed by atoms with Crippen molar-refractivity contribution >= 4 is 11.8 Å². The highest BCUT2D eigenvalue weighted by molar-refractivity contribution is 5.83. The van der Waals surface area contributed by atoms with E-state index in [0.29, 0.717) is 19.3 Å². The van der Waals surface area contributed by atoms with E-state index in [1.807, 2.05) is 0 Å². The van der Waals surface area contributed by atoms with Gasteiger partial charge in [-0.1, -0.05) is 77.6 Å². The second-order valence-corrected chi connectivity index (χ2v) is 14.5. The Bertz CT molecular complexity index is 820. The molecule has 262 valence electrons. The number of aliphatic hydroxyl groups is 3. The summed E-state index contributed by atoms with van der Waals surface area (Å²) in [5, 5.41) is 31.7. The Labute approximate surface area is 273 Å². The molecule has 0 aromatic carbocycles. The summed E-state index contributed by atoms with van der Waals surface area (Å²) in [6.45, 7) is 3.73. The van der Waals surface area contributed by atoms with E-state index >= 15 is 0 Å². The first-order valence-corrected chi connectivity index (χ1v) is 18.8. The Morgan fingerprint density at radius 3 is 1.82 bits per heavy atom. The Balaban J connectivity index is 1.14. The second-order valence-electron chi connectivity index (χ2n) is 14.5. The van der Waals surface area contributed by atoms with Gasteiger partial charge >= 0.3 is 5.97 Å². The van der Waals surface area contributed by atoms with Crippen molar-refractivity contribution in [2.75, 3.05) is 0 Å². The van der Waals surface area contributed by atoms with Crippen LogP contribution in [-0.2, 0) is 23.8 Å². The van der Waals surface area contributed by atoms with E-state index in [0.717, 1.165) is 89.9 Å². The molecule has 3 heterocycles. The number of unbranched alkanes of at least 4 members (excludes halogenated alkanes) is 10. The third kappa shape index (κ3) is 14.7. The maximum absolute atomic E-state index is 11.9. The number of ether oxygens (including phenoxy) is 3. The molecule has 8 heteroatoms. The summed E-state index contributed by atoms with van der Waals surface area (Å²) < 4.78 is 17.9. The maximum atomic E-state index is 11.9. The molecule has 0 bridgehead atoms. The van der Waals surface area contributed by atoms with Crippen LogP contribution in [0.4, 0.5) is 0 Å². The van der Waals surface area contributed by atoms with Crippen molar-refractivity contribution in [1.82, 2.24) is 0 Å². The number of carbonyl (C=O) groups excluding carboxylic acids is 2. The van der Waals surface area contributed by atoms with Crippen LogP contribution in [0.5, 0.6) is 0 Å². The predicted octanol–water partition coefficient (Wildman–Crippen LogP) is 7.12. The van der Waals surface area contributed by atoms with Crippen molar-refractivity contribution in [3.63, 3.8) is 0 Å². The first kappa shape index (κ1) is 38.4. The third-order valence-corrected chi connectivity index (χ3v) is 10.3. The number of ketones is 1. The molecule has 0 amide bonds. The van der Waals surface area contributed by atoms with Crippen LogP contribution in [0.3, 0.4) is 0 Å². The standard InChI is InChI=1S/C37H66O8/c1-3-4-5-12-16-29(39)17-15-20-32(41)34-22-24-36(45-34)35-23-21-33(44-35)31(40)19-14-11-9-7-6-8-10-13-18-30-26-28(25-27(2)38)37(42)43-30/h28-36,39-41H,3-26H2,1-2H3/t28?,29-,30+,31+,32-,33+,34+,35+,36+/m0/s1. The van der Waals surface area contributed by atoms with Crippen LogP contribution in [0, 0.1) is 5.92 Å². The highest BCUT2D eigenvalue weighted by Crippen LogP contribution is 2.35. The molecule has 3 saturated heterocycles. The lowest BCUT2D eigenvalue weighted by Gasteiger charge is -2.24. The summed E-state index contributed by atoms with van der Waals surface area (Å²) in [5.41, 5.74) is 0. The molecule has 3 N–H and O–H groups in total. The highest BCUT2D eigenvalue weighted by atomic mass is 16.6. The molecule has 8 nitrogen and oxygen atoms in total. The van der Waals surface area contributed by atoms with Gasteiger partial charge in [0.05, 0.1) is 48.6 Å². The third-order valence-electron chi connectivity index (χ3n) is 10.3. The minimum Gasteiger partial charge on any atom is -0.462 e. The average Bonchev–Trinajstić information content (AvgIpc) is 3.76. The number of Topliss-reactive ketones (excluding diaryl/α,β-unsaturated/α-hetero) is 1. The van der Waals surface area contributed by atoms with Crippen molar-refractivity contribution in [3.05, 3.63) is 0 Å². The molecular weight excluding hydrogens is 572 g/mol. The normalized spacial score (nSPS) is 28.8. The average molecular weight is 639 g/mol. The van der Waals surface area contributed by atoms with E-state index in [9.17, 15) is 24.9 Å². The zero-order chi connectivity index (χ0) is 32.4. The monoisotopic (exact) mass is 638 g/mol. The van der Waals surface area contributed by atoms with Gasteiger partial charge in [-0.15, -0.1) is 0 Å². The number of hydrogen-bond donors (Lipinski definition) is 3. The molecule has 45 heavy (non-hydrogen) atoms. The van der Waals surface area contributed by atoms with Gasteiger partial charge in [-0.05, 0) is 84.0 Å². The lowest BCUT2D eigenvalue weighted by atomic mass is 9.96. The summed E-state index contributed by atoms with van der Waals surface area (Å²) in [4.78, 5) is 23.1. The van der Waals surface area contributed by atoms with Crippen LogP contribution < -0.4 is 0 Å². The summed E-state index contributed by atoms with van der Waals surface area (Å²) >= 11 is 0. The van der Waals surface area contributed by atoms with Crippen LogP contribution in [0.15, 0.2) is 0 Å².